The molecule has 1 saturated heterocycles. The molecule has 2 aromatic heterocycles. The third-order valence-electron chi connectivity index (χ3n) is 6.72. The van der Waals surface area contributed by atoms with E-state index in [2.05, 4.69) is 79.6 Å². The molecule has 5 rings (SSSR count). The number of hydrogen-bond acceptors (Lipinski definition) is 4. The van der Waals surface area contributed by atoms with E-state index in [9.17, 15) is 0 Å². The van der Waals surface area contributed by atoms with E-state index >= 15 is 0 Å². The van der Waals surface area contributed by atoms with Gasteiger partial charge >= 0.3 is 0 Å². The minimum absolute atomic E-state index is 0.0365. The number of aliphatic imine (C=N–C) groups is 1. The van der Waals surface area contributed by atoms with Crippen LogP contribution in [0, 0.1) is 13.8 Å². The molecule has 0 bridgehead atoms. The number of aryl methyl sites for hydroxylation is 2. The predicted octanol–water partition coefficient (Wildman–Crippen LogP) is 6.03. The normalized spacial score (nSPS) is 22.6. The Morgan fingerprint density at radius 1 is 1.06 bits per heavy atom. The van der Waals surface area contributed by atoms with Crippen LogP contribution >= 0.6 is 11.8 Å². The molecule has 0 amide bonds. The molecule has 0 spiro atoms. The van der Waals surface area contributed by atoms with Gasteiger partial charge in [0.05, 0.1) is 11.7 Å². The van der Waals surface area contributed by atoms with Gasteiger partial charge in [-0.3, -0.25) is 9.98 Å². The van der Waals surface area contributed by atoms with E-state index in [-0.39, 0.29) is 12.1 Å². The lowest BCUT2D eigenvalue weighted by atomic mass is 9.95. The molecule has 160 valence electrons. The minimum Gasteiger partial charge on any atom is -0.338 e. The average molecular weight is 431 g/mol. The van der Waals surface area contributed by atoms with Crippen molar-refractivity contribution >= 4 is 16.9 Å². The number of amidine groups is 1. The predicted molar refractivity (Wildman–Crippen MR) is 130 cm³/mol. The van der Waals surface area contributed by atoms with Crippen LogP contribution in [0.4, 0.5) is 0 Å². The van der Waals surface area contributed by atoms with Gasteiger partial charge < -0.3 is 9.47 Å². The van der Waals surface area contributed by atoms with Crippen LogP contribution < -0.4 is 0 Å². The fraction of sp³-hybridized carbons (Fsp3) is 0.385. The van der Waals surface area contributed by atoms with Crippen LogP contribution in [-0.4, -0.2) is 31.4 Å². The molecule has 3 aromatic rings. The van der Waals surface area contributed by atoms with Gasteiger partial charge in [0, 0.05) is 35.1 Å². The minimum atomic E-state index is 0.0365. The molecule has 31 heavy (non-hydrogen) atoms. The maximum atomic E-state index is 5.19. The molecule has 5 heteroatoms. The third-order valence-corrected chi connectivity index (χ3v) is 7.85. The number of thioether (sulfide) groups is 1. The van der Waals surface area contributed by atoms with Crippen LogP contribution in [0.1, 0.15) is 60.6 Å². The molecule has 0 unspecified atom stereocenters. The van der Waals surface area contributed by atoms with E-state index in [1.54, 1.807) is 0 Å². The van der Waals surface area contributed by atoms with Gasteiger partial charge in [0.25, 0.3) is 0 Å². The summed E-state index contributed by atoms with van der Waals surface area (Å²) in [4.78, 5) is 12.5. The van der Waals surface area contributed by atoms with Crippen molar-refractivity contribution in [1.29, 1.82) is 0 Å². The Hall–Kier alpha value is -2.53. The molecule has 2 aliphatic heterocycles. The van der Waals surface area contributed by atoms with E-state index in [1.807, 2.05) is 24.0 Å². The summed E-state index contributed by atoms with van der Waals surface area (Å²) in [7, 11) is 0. The molecule has 0 saturated carbocycles. The van der Waals surface area contributed by atoms with E-state index in [4.69, 9.17) is 9.98 Å². The number of pyridine rings is 1. The molecule has 1 fully saturated rings. The summed E-state index contributed by atoms with van der Waals surface area (Å²) >= 11 is 1.90. The Kier molecular flexibility index (Phi) is 5.39. The van der Waals surface area contributed by atoms with Gasteiger partial charge in [-0.15, -0.1) is 0 Å². The molecule has 0 aliphatic carbocycles. The van der Waals surface area contributed by atoms with E-state index < -0.39 is 0 Å². The second kappa shape index (κ2) is 8.19. The summed E-state index contributed by atoms with van der Waals surface area (Å²) in [5.41, 5.74) is 7.60. The van der Waals surface area contributed by atoms with E-state index in [0.717, 1.165) is 24.3 Å². The second-order valence-corrected chi connectivity index (χ2v) is 9.51. The van der Waals surface area contributed by atoms with Crippen molar-refractivity contribution in [2.45, 2.75) is 58.7 Å². The van der Waals surface area contributed by atoms with Crippen LogP contribution in [0.25, 0.3) is 5.69 Å². The molecule has 4 nitrogen and oxygen atoms in total. The lowest BCUT2D eigenvalue weighted by Crippen LogP contribution is -2.35. The molecule has 3 atom stereocenters. The van der Waals surface area contributed by atoms with Gasteiger partial charge in [-0.25, -0.2) is 0 Å². The molecular weight excluding hydrogens is 400 g/mol. The summed E-state index contributed by atoms with van der Waals surface area (Å²) in [6.45, 7) is 8.96. The molecule has 1 aromatic carbocycles. The number of benzene rings is 1. The van der Waals surface area contributed by atoms with Crippen molar-refractivity contribution in [3.8, 4) is 5.69 Å². The quantitative estimate of drug-likeness (QED) is 0.495. The smallest absolute Gasteiger partial charge is 0.160 e. The van der Waals surface area contributed by atoms with Crippen LogP contribution in [-0.2, 0) is 6.42 Å². The zero-order valence-corrected chi connectivity index (χ0v) is 19.6. The number of fused-ring (bicyclic) bond motifs is 1. The van der Waals surface area contributed by atoms with E-state index in [0.29, 0.717) is 6.04 Å². The average Bonchev–Trinajstić information content (AvgIpc) is 3.46. The number of hydrogen-bond donors (Lipinski definition) is 0. The lowest BCUT2D eigenvalue weighted by Gasteiger charge is -2.32. The Labute approximate surface area is 189 Å². The Morgan fingerprint density at radius 3 is 2.55 bits per heavy atom. The first-order valence-electron chi connectivity index (χ1n) is 11.3. The first-order valence-corrected chi connectivity index (χ1v) is 12.3. The van der Waals surface area contributed by atoms with Crippen molar-refractivity contribution in [2.24, 2.45) is 4.99 Å². The van der Waals surface area contributed by atoms with Crippen LogP contribution in [0.2, 0.25) is 0 Å². The summed E-state index contributed by atoms with van der Waals surface area (Å²) in [6.07, 6.45) is 4.09. The van der Waals surface area contributed by atoms with Crippen LogP contribution in [0.3, 0.4) is 0 Å². The van der Waals surface area contributed by atoms with Gasteiger partial charge in [-0.05, 0) is 68.1 Å². The van der Waals surface area contributed by atoms with Crippen LogP contribution in [0.5, 0.6) is 0 Å². The monoisotopic (exact) mass is 430 g/mol. The SMILES string of the molecule is CCc1ccc(-n2c(C)cc([C@@H]3[C@@H](c4ccccn4)N=C4SC[C@@H](CC)N43)c2C)cc1. The van der Waals surface area contributed by atoms with Crippen molar-refractivity contribution < 1.29 is 0 Å². The van der Waals surface area contributed by atoms with Gasteiger partial charge in [0.1, 0.15) is 6.04 Å². The highest BCUT2D eigenvalue weighted by Crippen LogP contribution is 2.49. The van der Waals surface area contributed by atoms with Crippen molar-refractivity contribution in [3.05, 3.63) is 82.9 Å². The lowest BCUT2D eigenvalue weighted by molar-refractivity contribution is 0.254. The largest absolute Gasteiger partial charge is 0.338 e. The van der Waals surface area contributed by atoms with Gasteiger partial charge in [-0.2, -0.15) is 0 Å². The Bertz CT molecular complexity index is 1100. The van der Waals surface area contributed by atoms with Gasteiger partial charge in [0.15, 0.2) is 5.17 Å². The van der Waals surface area contributed by atoms with Crippen molar-refractivity contribution in [1.82, 2.24) is 14.5 Å². The first kappa shape index (κ1) is 20.4. The third kappa shape index (κ3) is 3.39. The topological polar surface area (TPSA) is 33.4 Å². The Balaban J connectivity index is 1.61. The number of aromatic nitrogens is 2. The summed E-state index contributed by atoms with van der Waals surface area (Å²) in [5.74, 6) is 1.12. The number of rotatable bonds is 5. The van der Waals surface area contributed by atoms with Crippen LogP contribution in [0.15, 0.2) is 59.7 Å². The standard InChI is InChI=1S/C26H30N4S/c1-5-19-10-12-21(13-11-19)29-17(3)15-22(18(29)4)25-24(23-9-7-8-14-27-23)28-26-30(25)20(6-2)16-31-26/h7-15,20,24-25H,5-6,16H2,1-4H3/t20-,24-,25-/m1/s1. The zero-order valence-electron chi connectivity index (χ0n) is 18.7. The fourth-order valence-corrected chi connectivity index (χ4v) is 6.39. The molecule has 0 N–H and O–H groups in total. The Morgan fingerprint density at radius 2 is 1.87 bits per heavy atom. The van der Waals surface area contributed by atoms with Crippen molar-refractivity contribution in [2.75, 3.05) is 5.75 Å². The zero-order chi connectivity index (χ0) is 21.5. The number of nitrogens with zero attached hydrogens (tertiary/aromatic N) is 4. The first-order chi connectivity index (χ1) is 15.1. The highest BCUT2D eigenvalue weighted by atomic mass is 32.2. The second-order valence-electron chi connectivity index (χ2n) is 8.52. The van der Waals surface area contributed by atoms with E-state index in [1.165, 1.54) is 33.4 Å². The van der Waals surface area contributed by atoms with Gasteiger partial charge in [0.2, 0.25) is 0 Å². The highest BCUT2D eigenvalue weighted by molar-refractivity contribution is 8.14. The maximum absolute atomic E-state index is 5.19. The maximum Gasteiger partial charge on any atom is 0.160 e. The molecule has 4 heterocycles. The summed E-state index contributed by atoms with van der Waals surface area (Å²) in [6, 6.07) is 18.3. The molecule has 2 aliphatic rings. The molecule has 0 radical (unpaired) electrons. The van der Waals surface area contributed by atoms with Crippen molar-refractivity contribution in [3.63, 3.8) is 0 Å². The highest BCUT2D eigenvalue weighted by Gasteiger charge is 2.46. The fourth-order valence-electron chi connectivity index (χ4n) is 5.05. The molecular formula is C26H30N4S. The summed E-state index contributed by atoms with van der Waals surface area (Å²) in [5, 5.41) is 1.18. The van der Waals surface area contributed by atoms with Gasteiger partial charge in [-0.1, -0.05) is 43.8 Å². The summed E-state index contributed by atoms with van der Waals surface area (Å²) < 4.78 is 2.40.